The molecule has 8 unspecified atom stereocenters. The van der Waals surface area contributed by atoms with Crippen LogP contribution in [0.3, 0.4) is 0 Å². The summed E-state index contributed by atoms with van der Waals surface area (Å²) in [5.41, 5.74) is -2.67. The molecule has 13 heteroatoms. The number of rotatable bonds is 13. The minimum Gasteiger partial charge on any atom is -0.459 e. The van der Waals surface area contributed by atoms with Crippen LogP contribution in [0.4, 0.5) is 0 Å². The first-order valence-corrected chi connectivity index (χ1v) is 22.1. The molecule has 6 rings (SSSR count). The van der Waals surface area contributed by atoms with Crippen LogP contribution in [0.25, 0.3) is 0 Å². The second-order valence-corrected chi connectivity index (χ2v) is 19.3. The lowest BCUT2D eigenvalue weighted by Crippen LogP contribution is -2.57. The molecule has 2 bridgehead atoms. The maximum Gasteiger partial charge on any atom is 0.309 e. The van der Waals surface area contributed by atoms with Crippen LogP contribution in [0.5, 0.6) is 0 Å². The minimum absolute atomic E-state index is 0.101. The molecule has 6 aliphatic rings. The number of hydrogen-bond donors (Lipinski definition) is 3. The lowest BCUT2D eigenvalue weighted by Gasteiger charge is -2.45. The summed E-state index contributed by atoms with van der Waals surface area (Å²) in [6.07, 6.45) is 6.68. The van der Waals surface area contributed by atoms with Gasteiger partial charge in [0.15, 0.2) is 6.29 Å². The highest BCUT2D eigenvalue weighted by molar-refractivity contribution is 5.89. The molecule has 59 heavy (non-hydrogen) atoms. The van der Waals surface area contributed by atoms with E-state index in [1.54, 1.807) is 14.0 Å². The van der Waals surface area contributed by atoms with Crippen molar-refractivity contribution < 1.29 is 53.4 Å². The highest BCUT2D eigenvalue weighted by Crippen LogP contribution is 2.61. The molecule has 6 fully saturated rings. The number of terminal acetylenes is 1. The Bertz CT molecular complexity index is 1530. The van der Waals surface area contributed by atoms with E-state index in [-0.39, 0.29) is 31.3 Å². The van der Waals surface area contributed by atoms with Gasteiger partial charge in [-0.05, 0) is 78.3 Å². The molecule has 1 spiro atoms. The van der Waals surface area contributed by atoms with Gasteiger partial charge in [-0.2, -0.15) is 0 Å². The second kappa shape index (κ2) is 19.1. The zero-order valence-corrected chi connectivity index (χ0v) is 37.8. The third-order valence-corrected chi connectivity index (χ3v) is 14.8. The maximum atomic E-state index is 14.8. The first-order valence-electron chi connectivity index (χ1n) is 22.1. The number of aliphatic hydroxyl groups is 2. The highest BCUT2D eigenvalue weighted by atomic mass is 16.7. The van der Waals surface area contributed by atoms with Crippen molar-refractivity contribution in [3.05, 3.63) is 12.2 Å². The van der Waals surface area contributed by atoms with E-state index in [0.29, 0.717) is 44.2 Å². The van der Waals surface area contributed by atoms with E-state index in [1.165, 1.54) is 0 Å². The average Bonchev–Trinajstić information content (AvgIpc) is 4.08. The van der Waals surface area contributed by atoms with Crippen LogP contribution in [0.2, 0.25) is 0 Å². The van der Waals surface area contributed by atoms with Crippen LogP contribution < -0.4 is 0 Å². The predicted octanol–water partition coefficient (Wildman–Crippen LogP) is 5.90. The molecular formula is C46H76N2O11. The van der Waals surface area contributed by atoms with Crippen LogP contribution in [0.1, 0.15) is 120 Å². The Labute approximate surface area is 353 Å². The minimum atomic E-state index is -1.69. The van der Waals surface area contributed by atoms with E-state index in [9.17, 15) is 20.2 Å². The summed E-state index contributed by atoms with van der Waals surface area (Å²) in [5.74, 6) is -0.379. The molecule has 336 valence electrons. The number of ether oxygens (including phenoxy) is 7. The molecule has 1 saturated carbocycles. The van der Waals surface area contributed by atoms with Crippen molar-refractivity contribution in [2.24, 2.45) is 34.7 Å². The van der Waals surface area contributed by atoms with Gasteiger partial charge in [0.05, 0.1) is 61.0 Å². The molecule has 16 atom stereocenters. The Kier molecular flexibility index (Phi) is 15.5. The largest absolute Gasteiger partial charge is 0.459 e. The lowest BCUT2D eigenvalue weighted by atomic mass is 9.68. The van der Waals surface area contributed by atoms with Crippen molar-refractivity contribution in [3.8, 4) is 12.3 Å². The van der Waals surface area contributed by atoms with Crippen molar-refractivity contribution in [2.75, 3.05) is 33.9 Å². The summed E-state index contributed by atoms with van der Waals surface area (Å²) in [5, 5.41) is 37.3. The highest BCUT2D eigenvalue weighted by Gasteiger charge is 2.73. The van der Waals surface area contributed by atoms with Gasteiger partial charge in [-0.3, -0.25) is 4.79 Å². The standard InChI is InChI=1S/C46H76N2O11/c1-14-16-19-48(12)34-20-29(5)56-37(21-34)58-41-31(7)38(35(55-30(6)25-49)24-45(53-13)17-18-45)32(8)42(50)57-36(15-2)43(10,51)40-33(9)39(47-52)28(4)23-46(44(41,11)59-46)22-27(3)26-54-40/h1,28-38,40-41,49,51-52H,3,15-26H2,2,4-13H3/b47-39+/t28-,29-,30?,31+,32?,33?,34?,35-,36-,37?,38?,40?,41-,43-,44+,46?/m1/s1. The summed E-state index contributed by atoms with van der Waals surface area (Å²) >= 11 is 0. The fraction of sp³-hybridized carbons (Fsp3) is 0.870. The van der Waals surface area contributed by atoms with Gasteiger partial charge in [-0.1, -0.05) is 46.4 Å². The Hall–Kier alpha value is -2.12. The average molecular weight is 833 g/mol. The van der Waals surface area contributed by atoms with Crippen LogP contribution in [0.15, 0.2) is 17.3 Å². The third kappa shape index (κ3) is 10.1. The number of fused-ring (bicyclic) bond motifs is 13. The van der Waals surface area contributed by atoms with Crippen LogP contribution >= 0.6 is 0 Å². The smallest absolute Gasteiger partial charge is 0.309 e. The Morgan fingerprint density at radius 3 is 2.42 bits per heavy atom. The number of hydrogen-bond acceptors (Lipinski definition) is 13. The van der Waals surface area contributed by atoms with Gasteiger partial charge in [0.2, 0.25) is 0 Å². The molecule has 0 aromatic carbocycles. The van der Waals surface area contributed by atoms with Crippen LogP contribution in [-0.2, 0) is 38.0 Å². The first kappa shape index (κ1) is 47.9. The number of epoxide rings is 1. The number of oxime groups is 1. The van der Waals surface area contributed by atoms with Gasteiger partial charge in [0.1, 0.15) is 22.9 Å². The van der Waals surface area contributed by atoms with Gasteiger partial charge in [-0.25, -0.2) is 0 Å². The van der Waals surface area contributed by atoms with Gasteiger partial charge >= 0.3 is 5.97 Å². The van der Waals surface area contributed by atoms with E-state index in [0.717, 1.165) is 31.4 Å². The summed E-state index contributed by atoms with van der Waals surface area (Å²) in [4.78, 5) is 17.1. The van der Waals surface area contributed by atoms with E-state index in [1.807, 2.05) is 34.6 Å². The van der Waals surface area contributed by atoms with Crippen LogP contribution in [0, 0.1) is 41.9 Å². The van der Waals surface area contributed by atoms with Crippen molar-refractivity contribution in [2.45, 2.75) is 191 Å². The van der Waals surface area contributed by atoms with Crippen molar-refractivity contribution in [1.29, 1.82) is 0 Å². The lowest BCUT2D eigenvalue weighted by molar-refractivity contribution is -0.247. The SMILES string of the molecule is C#CCCN(C)C1CC(O[C@@H]2[C@@H](C)C([C@@H](CC3(OC)CC3)OC(C)CO)C(C)C(=O)O[C@H](CC)[C@@](C)(O)C3OCC(=C)CC4(C[C@@H](C)/C(=N\O)C3C)O[C@@]24C)O[C@H](C)C1. The second-order valence-electron chi connectivity index (χ2n) is 19.3. The molecular weight excluding hydrogens is 757 g/mol. The maximum absolute atomic E-state index is 14.8. The number of esters is 1. The van der Waals surface area contributed by atoms with Crippen molar-refractivity contribution >= 4 is 11.7 Å². The van der Waals surface area contributed by atoms with Crippen LogP contribution in [-0.4, -0.2) is 137 Å². The fourth-order valence-electron chi connectivity index (χ4n) is 11.1. The quantitative estimate of drug-likeness (QED) is 0.0505. The van der Waals surface area contributed by atoms with Gasteiger partial charge < -0.3 is 53.5 Å². The van der Waals surface area contributed by atoms with Gasteiger partial charge in [-0.15, -0.1) is 12.3 Å². The molecule has 13 nitrogen and oxygen atoms in total. The fourth-order valence-corrected chi connectivity index (χ4v) is 11.1. The number of aliphatic hydroxyl groups excluding tert-OH is 1. The topological polar surface area (TPSA) is 161 Å². The number of carbonyl (C=O) groups excluding carboxylic acids is 1. The zero-order valence-electron chi connectivity index (χ0n) is 37.8. The molecule has 0 aromatic rings. The van der Waals surface area contributed by atoms with E-state index in [4.69, 9.17) is 39.6 Å². The zero-order chi connectivity index (χ0) is 43.7. The Morgan fingerprint density at radius 2 is 1.83 bits per heavy atom. The van der Waals surface area contributed by atoms with E-state index in [2.05, 4.69) is 50.4 Å². The van der Waals surface area contributed by atoms with E-state index < -0.39 is 88.9 Å². The molecule has 5 saturated heterocycles. The normalized spacial score (nSPS) is 43.3. The molecule has 3 N–H and O–H groups in total. The summed E-state index contributed by atoms with van der Waals surface area (Å²) in [6.45, 7) is 22.4. The third-order valence-electron chi connectivity index (χ3n) is 14.8. The van der Waals surface area contributed by atoms with Gasteiger partial charge in [0, 0.05) is 63.1 Å². The monoisotopic (exact) mass is 833 g/mol. The molecule has 1 aliphatic carbocycles. The van der Waals surface area contributed by atoms with E-state index >= 15 is 0 Å². The number of methoxy groups -OCH3 is 1. The van der Waals surface area contributed by atoms with Crippen molar-refractivity contribution in [3.63, 3.8) is 0 Å². The van der Waals surface area contributed by atoms with Gasteiger partial charge in [0.25, 0.3) is 0 Å². The Balaban J connectivity index is 1.71. The Morgan fingerprint density at radius 1 is 1.14 bits per heavy atom. The van der Waals surface area contributed by atoms with Crippen molar-refractivity contribution in [1.82, 2.24) is 4.90 Å². The molecule has 0 radical (unpaired) electrons. The number of nitrogens with zero attached hydrogens (tertiary/aromatic N) is 2. The number of carbonyl (C=O) groups is 1. The molecule has 0 amide bonds. The summed E-state index contributed by atoms with van der Waals surface area (Å²) < 4.78 is 46.9. The summed E-state index contributed by atoms with van der Waals surface area (Å²) in [7, 11) is 3.80. The first-order chi connectivity index (χ1) is 27.7. The molecule has 5 heterocycles. The molecule has 0 aromatic heterocycles. The summed E-state index contributed by atoms with van der Waals surface area (Å²) in [6, 6.07) is 0.154. The molecule has 5 aliphatic heterocycles. The predicted molar refractivity (Wildman–Crippen MR) is 224 cm³/mol.